The minimum Gasteiger partial charge on any atom is -0.382 e. The Balaban J connectivity index is 1.20. The summed E-state index contributed by atoms with van der Waals surface area (Å²) >= 11 is 1.75. The minimum atomic E-state index is -0.0197. The van der Waals surface area contributed by atoms with E-state index in [0.717, 1.165) is 28.9 Å². The fourth-order valence-electron chi connectivity index (χ4n) is 5.02. The van der Waals surface area contributed by atoms with Gasteiger partial charge in [0.25, 0.3) is 5.91 Å². The monoisotopic (exact) mass is 513 g/mol. The highest BCUT2D eigenvalue weighted by molar-refractivity contribution is 7.16. The molecule has 1 aliphatic carbocycles. The first-order chi connectivity index (χ1) is 18.1. The third-order valence-corrected chi connectivity index (χ3v) is 8.54. The lowest BCUT2D eigenvalue weighted by molar-refractivity contribution is -0.134. The van der Waals surface area contributed by atoms with Crippen LogP contribution < -0.4 is 10.2 Å². The number of nitrogens with one attached hydrogen (secondary N) is 1. The van der Waals surface area contributed by atoms with E-state index < -0.39 is 0 Å². The van der Waals surface area contributed by atoms with Crippen molar-refractivity contribution in [3.05, 3.63) is 82.7 Å². The Hall–Kier alpha value is -3.42. The van der Waals surface area contributed by atoms with Gasteiger partial charge in [-0.1, -0.05) is 36.9 Å². The van der Waals surface area contributed by atoms with Gasteiger partial charge in [-0.2, -0.15) is 0 Å². The summed E-state index contributed by atoms with van der Waals surface area (Å²) < 4.78 is 5.34. The lowest BCUT2D eigenvalue weighted by Gasteiger charge is -2.27. The molecule has 6 rings (SSSR count). The zero-order valence-corrected chi connectivity index (χ0v) is 21.7. The Morgan fingerprint density at radius 2 is 1.78 bits per heavy atom. The molecule has 6 nitrogen and oxygen atoms in total. The summed E-state index contributed by atoms with van der Waals surface area (Å²) in [5.74, 6) is 0.0815. The number of rotatable bonds is 6. The second-order valence-electron chi connectivity index (χ2n) is 9.95. The standard InChI is InChI=1S/C30H31N3O3S/c1-20(31-24-10-11-24)27-19-23-12-13-33(26-5-3-2-4-25(26)29(23)37-27)30(35)22-8-6-21(7-9-22)18-28(34)32-14-16-36-17-15-32/h2-9,19,24,31H,1,10-18H2. The first-order valence-corrected chi connectivity index (χ1v) is 13.8. The molecule has 0 atom stereocenters. The van der Waals surface area contributed by atoms with Crippen molar-refractivity contribution in [1.82, 2.24) is 10.2 Å². The molecule has 1 saturated heterocycles. The maximum atomic E-state index is 13.7. The maximum absolute atomic E-state index is 13.7. The Morgan fingerprint density at radius 1 is 1.03 bits per heavy atom. The third kappa shape index (κ3) is 5.06. The van der Waals surface area contributed by atoms with Crippen molar-refractivity contribution in [3.8, 4) is 10.4 Å². The lowest BCUT2D eigenvalue weighted by atomic mass is 10.1. The van der Waals surface area contributed by atoms with E-state index in [4.69, 9.17) is 4.74 Å². The van der Waals surface area contributed by atoms with Crippen LogP contribution in [0.1, 0.15) is 39.2 Å². The van der Waals surface area contributed by atoms with E-state index in [1.54, 1.807) is 11.3 Å². The van der Waals surface area contributed by atoms with Gasteiger partial charge in [-0.15, -0.1) is 11.3 Å². The van der Waals surface area contributed by atoms with E-state index in [9.17, 15) is 9.59 Å². The Kier molecular flexibility index (Phi) is 6.57. The molecule has 3 aromatic rings. The summed E-state index contributed by atoms with van der Waals surface area (Å²) in [6.45, 7) is 7.35. The number of carbonyl (C=O) groups excluding carboxylic acids is 2. The van der Waals surface area contributed by atoms with Crippen molar-refractivity contribution in [2.45, 2.75) is 31.7 Å². The Morgan fingerprint density at radius 3 is 2.54 bits per heavy atom. The number of hydrogen-bond acceptors (Lipinski definition) is 5. The normalized spacial score (nSPS) is 17.0. The number of thiophene rings is 1. The van der Waals surface area contributed by atoms with Crippen LogP contribution in [-0.2, 0) is 22.4 Å². The molecule has 3 heterocycles. The van der Waals surface area contributed by atoms with Crippen LogP contribution in [0.15, 0.2) is 61.2 Å². The predicted molar refractivity (Wildman–Crippen MR) is 148 cm³/mol. The third-order valence-electron chi connectivity index (χ3n) is 7.27. The van der Waals surface area contributed by atoms with Gasteiger partial charge in [0.05, 0.1) is 30.2 Å². The fraction of sp³-hybridized carbons (Fsp3) is 0.333. The molecule has 0 spiro atoms. The minimum absolute atomic E-state index is 0.0197. The Labute approximate surface area is 221 Å². The molecule has 1 N–H and O–H groups in total. The molecule has 7 heteroatoms. The van der Waals surface area contributed by atoms with Gasteiger partial charge in [-0.3, -0.25) is 9.59 Å². The topological polar surface area (TPSA) is 61.9 Å². The van der Waals surface area contributed by atoms with Crippen LogP contribution in [-0.4, -0.2) is 55.6 Å². The molecule has 0 unspecified atom stereocenters. The van der Waals surface area contributed by atoms with Gasteiger partial charge < -0.3 is 19.9 Å². The maximum Gasteiger partial charge on any atom is 0.258 e. The SMILES string of the molecule is C=C(NC1CC1)c1cc2c(s1)-c1ccccc1N(C(=O)c1ccc(CC(=O)N3CCOCC3)cc1)CC2. The van der Waals surface area contributed by atoms with Crippen molar-refractivity contribution >= 4 is 34.5 Å². The van der Waals surface area contributed by atoms with Crippen LogP contribution in [0.2, 0.25) is 0 Å². The lowest BCUT2D eigenvalue weighted by Crippen LogP contribution is -2.41. The zero-order chi connectivity index (χ0) is 25.4. The number of carbonyl (C=O) groups is 2. The van der Waals surface area contributed by atoms with Gasteiger partial charge in [0, 0.05) is 47.4 Å². The van der Waals surface area contributed by atoms with Crippen LogP contribution in [0.25, 0.3) is 16.1 Å². The molecule has 0 radical (unpaired) electrons. The Bertz CT molecular complexity index is 1340. The van der Waals surface area contributed by atoms with E-state index in [2.05, 4.69) is 24.0 Å². The van der Waals surface area contributed by atoms with Gasteiger partial charge >= 0.3 is 0 Å². The summed E-state index contributed by atoms with van der Waals surface area (Å²) in [7, 11) is 0. The number of hydrogen-bond donors (Lipinski definition) is 1. The van der Waals surface area contributed by atoms with Gasteiger partial charge in [0.15, 0.2) is 0 Å². The summed E-state index contributed by atoms with van der Waals surface area (Å²) in [5.41, 5.74) is 5.83. The predicted octanol–water partition coefficient (Wildman–Crippen LogP) is 4.74. The van der Waals surface area contributed by atoms with Crippen LogP contribution in [0.4, 0.5) is 5.69 Å². The highest BCUT2D eigenvalue weighted by atomic mass is 32.1. The van der Waals surface area contributed by atoms with Crippen LogP contribution >= 0.6 is 11.3 Å². The van der Waals surface area contributed by atoms with Crippen molar-refractivity contribution in [3.63, 3.8) is 0 Å². The summed E-state index contributed by atoms with van der Waals surface area (Å²) in [6.07, 6.45) is 3.56. The number of nitrogens with zero attached hydrogens (tertiary/aromatic N) is 2. The molecule has 2 aromatic carbocycles. The number of morpholine rings is 1. The van der Waals surface area contributed by atoms with E-state index >= 15 is 0 Å². The van der Waals surface area contributed by atoms with E-state index in [0.29, 0.717) is 50.9 Å². The second-order valence-corrected chi connectivity index (χ2v) is 11.0. The van der Waals surface area contributed by atoms with Crippen LogP contribution in [0, 0.1) is 0 Å². The zero-order valence-electron chi connectivity index (χ0n) is 20.9. The van der Waals surface area contributed by atoms with E-state index in [-0.39, 0.29) is 11.8 Å². The summed E-state index contributed by atoms with van der Waals surface area (Å²) in [6, 6.07) is 18.5. The number of ether oxygens (including phenoxy) is 1. The van der Waals surface area contributed by atoms with Gasteiger partial charge in [0.2, 0.25) is 5.91 Å². The molecule has 37 heavy (non-hydrogen) atoms. The van der Waals surface area contributed by atoms with E-state index in [1.165, 1.54) is 28.2 Å². The van der Waals surface area contributed by atoms with Crippen molar-refractivity contribution in [1.29, 1.82) is 0 Å². The number of fused-ring (bicyclic) bond motifs is 3. The number of para-hydroxylation sites is 1. The molecule has 1 aromatic heterocycles. The fourth-order valence-corrected chi connectivity index (χ4v) is 6.20. The molecule has 190 valence electrons. The molecule has 1 saturated carbocycles. The molecular weight excluding hydrogens is 482 g/mol. The quantitative estimate of drug-likeness (QED) is 0.517. The van der Waals surface area contributed by atoms with Crippen molar-refractivity contribution in [2.75, 3.05) is 37.7 Å². The smallest absolute Gasteiger partial charge is 0.258 e. The molecule has 0 bridgehead atoms. The highest BCUT2D eigenvalue weighted by Crippen LogP contribution is 2.43. The molecule has 2 fully saturated rings. The van der Waals surface area contributed by atoms with Gasteiger partial charge in [-0.25, -0.2) is 0 Å². The molecule has 3 aliphatic rings. The first kappa shape index (κ1) is 23.9. The number of anilines is 1. The number of benzene rings is 2. The number of amides is 2. The second kappa shape index (κ2) is 10.1. The van der Waals surface area contributed by atoms with Crippen LogP contribution in [0.5, 0.6) is 0 Å². The van der Waals surface area contributed by atoms with E-state index in [1.807, 2.05) is 52.3 Å². The largest absolute Gasteiger partial charge is 0.382 e. The van der Waals surface area contributed by atoms with Gasteiger partial charge in [-0.05, 0) is 54.7 Å². The summed E-state index contributed by atoms with van der Waals surface area (Å²) in [5, 5.41) is 3.52. The average Bonchev–Trinajstić information content (AvgIpc) is 3.67. The first-order valence-electron chi connectivity index (χ1n) is 13.0. The molecule has 2 amide bonds. The van der Waals surface area contributed by atoms with Crippen molar-refractivity contribution in [2.24, 2.45) is 0 Å². The summed E-state index contributed by atoms with van der Waals surface area (Å²) in [4.78, 5) is 32.4. The van der Waals surface area contributed by atoms with Gasteiger partial charge in [0.1, 0.15) is 0 Å². The van der Waals surface area contributed by atoms with Crippen LogP contribution in [0.3, 0.4) is 0 Å². The van der Waals surface area contributed by atoms with Crippen molar-refractivity contribution < 1.29 is 14.3 Å². The average molecular weight is 514 g/mol. The molecule has 2 aliphatic heterocycles. The molecular formula is C30H31N3O3S. The highest BCUT2D eigenvalue weighted by Gasteiger charge is 2.28.